The Morgan fingerprint density at radius 2 is 2.50 bits per heavy atom. The van der Waals surface area contributed by atoms with Crippen LogP contribution in [-0.2, 0) is 11.8 Å². The van der Waals surface area contributed by atoms with Gasteiger partial charge in [-0.05, 0) is 0 Å². The molecule has 1 rings (SSSR count). The van der Waals surface area contributed by atoms with Gasteiger partial charge in [-0.15, -0.1) is 5.10 Å². The van der Waals surface area contributed by atoms with E-state index < -0.39 is 11.9 Å². The number of aromatic nitrogens is 3. The van der Waals surface area contributed by atoms with Crippen LogP contribution in [0.25, 0.3) is 0 Å². The van der Waals surface area contributed by atoms with E-state index in [-0.39, 0.29) is 6.42 Å². The fourth-order valence-electron chi connectivity index (χ4n) is 0.955. The van der Waals surface area contributed by atoms with Gasteiger partial charge in [-0.1, -0.05) is 5.21 Å². The van der Waals surface area contributed by atoms with Crippen molar-refractivity contribution in [1.29, 1.82) is 0 Å². The molecular weight excluding hydrogens is 158 g/mol. The zero-order valence-electron chi connectivity index (χ0n) is 6.77. The van der Waals surface area contributed by atoms with Crippen molar-refractivity contribution in [2.24, 2.45) is 18.5 Å². The van der Waals surface area contributed by atoms with E-state index in [0.29, 0.717) is 5.69 Å². The average molecular weight is 169 g/mol. The Labute approximate surface area is 69.5 Å². The van der Waals surface area contributed by atoms with E-state index >= 15 is 0 Å². The largest absolute Gasteiger partial charge is 0.370 e. The number of carbonyl (C=O) groups is 1. The van der Waals surface area contributed by atoms with Crippen LogP contribution in [0.2, 0.25) is 0 Å². The van der Waals surface area contributed by atoms with Gasteiger partial charge in [0.2, 0.25) is 5.91 Å². The summed E-state index contributed by atoms with van der Waals surface area (Å²) in [6.45, 7) is 0. The molecule has 0 aromatic carbocycles. The van der Waals surface area contributed by atoms with Crippen LogP contribution in [-0.4, -0.2) is 20.9 Å². The summed E-state index contributed by atoms with van der Waals surface area (Å²) in [5.74, 6) is -0.427. The Morgan fingerprint density at radius 1 is 1.83 bits per heavy atom. The van der Waals surface area contributed by atoms with Crippen LogP contribution in [0.4, 0.5) is 0 Å². The summed E-state index contributed by atoms with van der Waals surface area (Å²) < 4.78 is 1.52. The summed E-state index contributed by atoms with van der Waals surface area (Å²) in [5.41, 5.74) is 11.3. The van der Waals surface area contributed by atoms with Gasteiger partial charge in [-0.2, -0.15) is 0 Å². The Balaban J connectivity index is 2.71. The zero-order chi connectivity index (χ0) is 9.14. The monoisotopic (exact) mass is 169 g/mol. The maximum Gasteiger partial charge on any atom is 0.219 e. The van der Waals surface area contributed by atoms with Crippen LogP contribution in [0, 0.1) is 0 Å². The SMILES string of the molecule is Cn1nncc1C(N)CC(N)=O. The minimum atomic E-state index is -0.427. The molecule has 6 heteroatoms. The maximum absolute atomic E-state index is 10.5. The third-order valence-corrected chi connectivity index (χ3v) is 1.55. The van der Waals surface area contributed by atoms with E-state index in [1.807, 2.05) is 0 Å². The molecule has 1 heterocycles. The first kappa shape index (κ1) is 8.66. The van der Waals surface area contributed by atoms with Gasteiger partial charge in [-0.3, -0.25) is 9.48 Å². The summed E-state index contributed by atoms with van der Waals surface area (Å²) in [4.78, 5) is 10.5. The number of rotatable bonds is 3. The highest BCUT2D eigenvalue weighted by Crippen LogP contribution is 2.09. The Hall–Kier alpha value is -1.43. The van der Waals surface area contributed by atoms with Crippen molar-refractivity contribution < 1.29 is 4.79 Å². The maximum atomic E-state index is 10.5. The molecular formula is C6H11N5O. The molecule has 0 bridgehead atoms. The molecule has 4 N–H and O–H groups in total. The highest BCUT2D eigenvalue weighted by atomic mass is 16.1. The molecule has 1 atom stereocenters. The summed E-state index contributed by atoms with van der Waals surface area (Å²) in [6.07, 6.45) is 1.63. The summed E-state index contributed by atoms with van der Waals surface area (Å²) in [6, 6.07) is -0.414. The van der Waals surface area contributed by atoms with Gasteiger partial charge in [0, 0.05) is 13.5 Å². The summed E-state index contributed by atoms with van der Waals surface area (Å²) >= 11 is 0. The van der Waals surface area contributed by atoms with Crippen molar-refractivity contribution in [3.8, 4) is 0 Å². The first-order valence-electron chi connectivity index (χ1n) is 3.49. The zero-order valence-corrected chi connectivity index (χ0v) is 6.77. The normalized spacial score (nSPS) is 12.8. The second kappa shape index (κ2) is 3.31. The molecule has 0 fully saturated rings. The van der Waals surface area contributed by atoms with Crippen LogP contribution < -0.4 is 11.5 Å². The number of primary amides is 1. The average Bonchev–Trinajstić information content (AvgIpc) is 2.33. The van der Waals surface area contributed by atoms with Crippen molar-refractivity contribution in [2.75, 3.05) is 0 Å². The molecule has 6 nitrogen and oxygen atoms in total. The smallest absolute Gasteiger partial charge is 0.219 e. The van der Waals surface area contributed by atoms with Gasteiger partial charge >= 0.3 is 0 Å². The molecule has 1 aromatic heterocycles. The van der Waals surface area contributed by atoms with Crippen LogP contribution in [0.5, 0.6) is 0 Å². The molecule has 0 saturated carbocycles. The fourth-order valence-corrected chi connectivity index (χ4v) is 0.955. The van der Waals surface area contributed by atoms with Crippen molar-refractivity contribution in [1.82, 2.24) is 15.0 Å². The lowest BCUT2D eigenvalue weighted by Crippen LogP contribution is -2.22. The van der Waals surface area contributed by atoms with Crippen LogP contribution in [0.15, 0.2) is 6.20 Å². The van der Waals surface area contributed by atoms with Gasteiger partial charge < -0.3 is 11.5 Å². The predicted molar refractivity (Wildman–Crippen MR) is 41.7 cm³/mol. The Morgan fingerprint density at radius 3 is 2.92 bits per heavy atom. The van der Waals surface area contributed by atoms with Crippen molar-refractivity contribution in [3.63, 3.8) is 0 Å². The van der Waals surface area contributed by atoms with Crippen molar-refractivity contribution in [3.05, 3.63) is 11.9 Å². The Kier molecular flexibility index (Phi) is 2.39. The number of carbonyl (C=O) groups excluding carboxylic acids is 1. The number of hydrogen-bond donors (Lipinski definition) is 2. The van der Waals surface area contributed by atoms with Crippen molar-refractivity contribution in [2.45, 2.75) is 12.5 Å². The van der Waals surface area contributed by atoms with Crippen molar-refractivity contribution >= 4 is 5.91 Å². The predicted octanol–water partition coefficient (Wildman–Crippen LogP) is -1.31. The molecule has 1 unspecified atom stereocenters. The van der Waals surface area contributed by atoms with Gasteiger partial charge in [0.15, 0.2) is 0 Å². The van der Waals surface area contributed by atoms with Gasteiger partial charge in [0.1, 0.15) is 0 Å². The molecule has 0 aliphatic carbocycles. The third kappa shape index (κ3) is 1.79. The van der Waals surface area contributed by atoms with Gasteiger partial charge in [0.05, 0.1) is 17.9 Å². The number of nitrogens with zero attached hydrogens (tertiary/aromatic N) is 3. The lowest BCUT2D eigenvalue weighted by atomic mass is 10.1. The summed E-state index contributed by atoms with van der Waals surface area (Å²) in [7, 11) is 1.71. The fraction of sp³-hybridized carbons (Fsp3) is 0.500. The topological polar surface area (TPSA) is 99.8 Å². The van der Waals surface area contributed by atoms with E-state index in [1.54, 1.807) is 7.05 Å². The Bertz CT molecular complexity index is 281. The molecule has 1 aromatic rings. The first-order chi connectivity index (χ1) is 5.61. The third-order valence-electron chi connectivity index (χ3n) is 1.55. The number of hydrogen-bond acceptors (Lipinski definition) is 4. The van der Waals surface area contributed by atoms with E-state index in [4.69, 9.17) is 11.5 Å². The molecule has 66 valence electrons. The number of aryl methyl sites for hydroxylation is 1. The van der Waals surface area contributed by atoms with Crippen LogP contribution in [0.3, 0.4) is 0 Å². The molecule has 1 amide bonds. The standard InChI is InChI=1S/C6H11N5O/c1-11-5(3-9-10-11)4(7)2-6(8)12/h3-4H,2,7H2,1H3,(H2,8,12). The second-order valence-electron chi connectivity index (χ2n) is 2.56. The molecule has 0 radical (unpaired) electrons. The number of amides is 1. The van der Waals surface area contributed by atoms with E-state index in [9.17, 15) is 4.79 Å². The first-order valence-corrected chi connectivity index (χ1v) is 3.49. The lowest BCUT2D eigenvalue weighted by Gasteiger charge is -2.07. The van der Waals surface area contributed by atoms with E-state index in [2.05, 4.69) is 10.3 Å². The highest BCUT2D eigenvalue weighted by molar-refractivity contribution is 5.74. The quantitative estimate of drug-likeness (QED) is 0.586. The van der Waals surface area contributed by atoms with Gasteiger partial charge in [-0.25, -0.2) is 0 Å². The molecule has 0 aliphatic rings. The summed E-state index contributed by atoms with van der Waals surface area (Å²) in [5, 5.41) is 7.31. The minimum absolute atomic E-state index is 0.112. The lowest BCUT2D eigenvalue weighted by molar-refractivity contribution is -0.118. The molecule has 0 spiro atoms. The van der Waals surface area contributed by atoms with E-state index in [1.165, 1.54) is 10.9 Å². The van der Waals surface area contributed by atoms with E-state index in [0.717, 1.165) is 0 Å². The second-order valence-corrected chi connectivity index (χ2v) is 2.56. The van der Waals surface area contributed by atoms with Crippen LogP contribution >= 0.6 is 0 Å². The molecule has 0 saturated heterocycles. The molecule has 0 aliphatic heterocycles. The molecule has 12 heavy (non-hydrogen) atoms. The number of nitrogens with two attached hydrogens (primary N) is 2. The minimum Gasteiger partial charge on any atom is -0.370 e. The van der Waals surface area contributed by atoms with Crippen LogP contribution in [0.1, 0.15) is 18.2 Å². The van der Waals surface area contributed by atoms with Gasteiger partial charge in [0.25, 0.3) is 0 Å². The highest BCUT2D eigenvalue weighted by Gasteiger charge is 2.12.